The molecule has 0 saturated carbocycles. The number of benzene rings is 2. The van der Waals surface area contributed by atoms with Gasteiger partial charge in [-0.3, -0.25) is 9.69 Å². The zero-order valence-electron chi connectivity index (χ0n) is 17.1. The van der Waals surface area contributed by atoms with Gasteiger partial charge in [0.1, 0.15) is 18.2 Å². The molecule has 2 aromatic carbocycles. The second kappa shape index (κ2) is 9.14. The van der Waals surface area contributed by atoms with Crippen LogP contribution in [0.3, 0.4) is 0 Å². The third-order valence-corrected chi connectivity index (χ3v) is 6.63. The number of phenolic OH excluding ortho intramolecular Hbond substituents is 1. The summed E-state index contributed by atoms with van der Waals surface area (Å²) in [6.45, 7) is 1.16. The molecule has 0 radical (unpaired) electrons. The maximum atomic E-state index is 13.2. The number of phenols is 1. The van der Waals surface area contributed by atoms with Crippen LogP contribution in [0.4, 0.5) is 4.39 Å². The SMILES string of the molecule is O=C(CO)N(CCN1C2CCC1CC(c1cccc(O)c1)C2)Cc1ccc(F)cc1. The van der Waals surface area contributed by atoms with Crippen LogP contribution in [0.1, 0.15) is 42.7 Å². The Morgan fingerprint density at radius 2 is 1.80 bits per heavy atom. The summed E-state index contributed by atoms with van der Waals surface area (Å²) < 4.78 is 13.2. The molecule has 5 nitrogen and oxygen atoms in total. The molecule has 2 fully saturated rings. The van der Waals surface area contributed by atoms with Gasteiger partial charge in [-0.2, -0.15) is 0 Å². The third-order valence-electron chi connectivity index (χ3n) is 6.63. The van der Waals surface area contributed by atoms with Crippen molar-refractivity contribution in [2.24, 2.45) is 0 Å². The van der Waals surface area contributed by atoms with Crippen LogP contribution in [0.2, 0.25) is 0 Å². The second-order valence-electron chi connectivity index (χ2n) is 8.49. The minimum atomic E-state index is -0.520. The van der Waals surface area contributed by atoms with Crippen LogP contribution in [0.25, 0.3) is 0 Å². The molecule has 2 heterocycles. The molecule has 0 aliphatic carbocycles. The van der Waals surface area contributed by atoms with E-state index in [1.165, 1.54) is 17.7 Å². The zero-order valence-corrected chi connectivity index (χ0v) is 17.1. The lowest BCUT2D eigenvalue weighted by Gasteiger charge is -2.40. The maximum absolute atomic E-state index is 13.2. The molecule has 4 rings (SSSR count). The van der Waals surface area contributed by atoms with Crippen LogP contribution in [-0.4, -0.2) is 57.7 Å². The average molecular weight is 413 g/mol. The molecule has 2 atom stereocenters. The molecule has 30 heavy (non-hydrogen) atoms. The second-order valence-corrected chi connectivity index (χ2v) is 8.49. The van der Waals surface area contributed by atoms with E-state index in [0.717, 1.165) is 37.8 Å². The lowest BCUT2D eigenvalue weighted by atomic mass is 9.85. The van der Waals surface area contributed by atoms with Crippen LogP contribution in [0, 0.1) is 5.82 Å². The number of amides is 1. The van der Waals surface area contributed by atoms with Gasteiger partial charge in [0.05, 0.1) is 0 Å². The minimum absolute atomic E-state index is 0.301. The first-order valence-electron chi connectivity index (χ1n) is 10.7. The van der Waals surface area contributed by atoms with Crippen molar-refractivity contribution in [2.45, 2.75) is 50.2 Å². The van der Waals surface area contributed by atoms with Gasteiger partial charge in [-0.1, -0.05) is 24.3 Å². The van der Waals surface area contributed by atoms with Crippen molar-refractivity contribution in [3.8, 4) is 5.75 Å². The number of halogens is 1. The lowest BCUT2D eigenvalue weighted by Crippen LogP contribution is -2.47. The molecule has 2 aromatic rings. The molecule has 0 spiro atoms. The fourth-order valence-electron chi connectivity index (χ4n) is 5.13. The van der Waals surface area contributed by atoms with Gasteiger partial charge in [0, 0.05) is 31.7 Å². The number of hydrogen-bond acceptors (Lipinski definition) is 4. The summed E-state index contributed by atoms with van der Waals surface area (Å²) in [7, 11) is 0. The predicted octanol–water partition coefficient (Wildman–Crippen LogP) is 3.26. The maximum Gasteiger partial charge on any atom is 0.248 e. The van der Waals surface area contributed by atoms with Crippen molar-refractivity contribution < 1.29 is 19.4 Å². The van der Waals surface area contributed by atoms with Crippen LogP contribution in [0.15, 0.2) is 48.5 Å². The van der Waals surface area contributed by atoms with Gasteiger partial charge < -0.3 is 15.1 Å². The number of nitrogens with zero attached hydrogens (tertiary/aromatic N) is 2. The summed E-state index contributed by atoms with van der Waals surface area (Å²) in [6.07, 6.45) is 4.44. The number of aliphatic hydroxyl groups excluding tert-OH is 1. The van der Waals surface area contributed by atoms with Crippen molar-refractivity contribution in [1.29, 1.82) is 0 Å². The molecule has 2 aliphatic rings. The van der Waals surface area contributed by atoms with Gasteiger partial charge in [-0.25, -0.2) is 4.39 Å². The standard InChI is InChI=1S/C24H29FN2O3/c25-20-6-4-17(5-7-20)15-26(24(30)16-28)10-11-27-21-8-9-22(27)13-19(12-21)18-2-1-3-23(29)14-18/h1-7,14,19,21-22,28-29H,8-13,15-16H2. The monoisotopic (exact) mass is 412 g/mol. The van der Waals surface area contributed by atoms with Gasteiger partial charge in [0.2, 0.25) is 5.91 Å². The van der Waals surface area contributed by atoms with Gasteiger partial charge in [-0.15, -0.1) is 0 Å². The highest BCUT2D eigenvalue weighted by Gasteiger charge is 2.41. The number of carbonyl (C=O) groups excluding carboxylic acids is 1. The van der Waals surface area contributed by atoms with Crippen LogP contribution >= 0.6 is 0 Å². The van der Waals surface area contributed by atoms with Crippen molar-refractivity contribution >= 4 is 5.91 Å². The number of fused-ring (bicyclic) bond motifs is 2. The van der Waals surface area contributed by atoms with Crippen molar-refractivity contribution in [3.63, 3.8) is 0 Å². The van der Waals surface area contributed by atoms with Gasteiger partial charge in [-0.05, 0) is 67.0 Å². The summed E-state index contributed by atoms with van der Waals surface area (Å²) >= 11 is 0. The van der Waals surface area contributed by atoms with Gasteiger partial charge >= 0.3 is 0 Å². The van der Waals surface area contributed by atoms with E-state index in [0.29, 0.717) is 36.8 Å². The highest BCUT2D eigenvalue weighted by Crippen LogP contribution is 2.43. The Kier molecular flexibility index (Phi) is 6.35. The lowest BCUT2D eigenvalue weighted by molar-refractivity contribution is -0.135. The molecule has 2 bridgehead atoms. The zero-order chi connectivity index (χ0) is 21.1. The topological polar surface area (TPSA) is 64.0 Å². The number of piperidine rings is 1. The summed E-state index contributed by atoms with van der Waals surface area (Å²) in [6, 6.07) is 14.7. The number of aliphatic hydroxyl groups is 1. The van der Waals surface area contributed by atoms with Crippen molar-refractivity contribution in [1.82, 2.24) is 9.80 Å². The molecule has 2 unspecified atom stereocenters. The summed E-state index contributed by atoms with van der Waals surface area (Å²) in [4.78, 5) is 16.4. The van der Waals surface area contributed by atoms with Crippen molar-refractivity contribution in [3.05, 3.63) is 65.5 Å². The summed E-state index contributed by atoms with van der Waals surface area (Å²) in [5.74, 6) is 0.174. The van der Waals surface area contributed by atoms with E-state index in [1.807, 2.05) is 12.1 Å². The normalized spacial score (nSPS) is 23.5. The Labute approximate surface area is 176 Å². The highest BCUT2D eigenvalue weighted by molar-refractivity contribution is 5.77. The Bertz CT molecular complexity index is 859. The first-order valence-corrected chi connectivity index (χ1v) is 10.7. The summed E-state index contributed by atoms with van der Waals surface area (Å²) in [5.41, 5.74) is 2.06. The van der Waals surface area contributed by atoms with E-state index in [4.69, 9.17) is 0 Å². The number of aromatic hydroxyl groups is 1. The van der Waals surface area contributed by atoms with E-state index in [2.05, 4.69) is 11.0 Å². The first kappa shape index (κ1) is 20.8. The van der Waals surface area contributed by atoms with E-state index in [1.54, 1.807) is 23.1 Å². The highest BCUT2D eigenvalue weighted by atomic mass is 19.1. The molecule has 6 heteroatoms. The number of carbonyl (C=O) groups is 1. The van der Waals surface area contributed by atoms with E-state index in [-0.39, 0.29) is 11.7 Å². The molecule has 1 amide bonds. The van der Waals surface area contributed by atoms with E-state index >= 15 is 0 Å². The van der Waals surface area contributed by atoms with Crippen LogP contribution in [-0.2, 0) is 11.3 Å². The first-order chi connectivity index (χ1) is 14.5. The Morgan fingerprint density at radius 1 is 1.10 bits per heavy atom. The fraction of sp³-hybridized carbons (Fsp3) is 0.458. The predicted molar refractivity (Wildman–Crippen MR) is 113 cm³/mol. The molecular weight excluding hydrogens is 383 g/mol. The van der Waals surface area contributed by atoms with Gasteiger partial charge in [0.25, 0.3) is 0 Å². The summed E-state index contributed by atoms with van der Waals surface area (Å²) in [5, 5.41) is 19.2. The number of rotatable bonds is 7. The van der Waals surface area contributed by atoms with Crippen LogP contribution < -0.4 is 0 Å². The molecule has 0 aromatic heterocycles. The largest absolute Gasteiger partial charge is 0.508 e. The number of hydrogen-bond donors (Lipinski definition) is 2. The van der Waals surface area contributed by atoms with Crippen molar-refractivity contribution in [2.75, 3.05) is 19.7 Å². The molecule has 160 valence electrons. The van der Waals surface area contributed by atoms with Gasteiger partial charge in [0.15, 0.2) is 0 Å². The fourth-order valence-corrected chi connectivity index (χ4v) is 5.13. The quantitative estimate of drug-likeness (QED) is 0.733. The smallest absolute Gasteiger partial charge is 0.248 e. The molecule has 2 saturated heterocycles. The Hall–Kier alpha value is -2.44. The molecule has 2 aliphatic heterocycles. The third kappa shape index (κ3) is 4.65. The van der Waals surface area contributed by atoms with E-state index < -0.39 is 6.61 Å². The minimum Gasteiger partial charge on any atom is -0.508 e. The van der Waals surface area contributed by atoms with Crippen LogP contribution in [0.5, 0.6) is 5.75 Å². The molecular formula is C24H29FN2O3. The Balaban J connectivity index is 1.38. The Morgan fingerprint density at radius 3 is 2.43 bits per heavy atom. The average Bonchev–Trinajstić information content (AvgIpc) is 2.98. The van der Waals surface area contributed by atoms with E-state index in [9.17, 15) is 19.4 Å². The molecule has 2 N–H and O–H groups in total.